The SMILES string of the molecule is CCC(C)C(=O)Nc1nc(-c2ccc3c(c2)CCO3)cs1. The van der Waals surface area contributed by atoms with E-state index in [1.807, 2.05) is 31.4 Å². The van der Waals surface area contributed by atoms with Gasteiger partial charge in [0.1, 0.15) is 5.75 Å². The zero-order chi connectivity index (χ0) is 14.8. The van der Waals surface area contributed by atoms with Crippen molar-refractivity contribution >= 4 is 22.4 Å². The van der Waals surface area contributed by atoms with Crippen LogP contribution in [-0.2, 0) is 11.2 Å². The lowest BCUT2D eigenvalue weighted by molar-refractivity contribution is -0.119. The lowest BCUT2D eigenvalue weighted by atomic mass is 10.1. The Hall–Kier alpha value is -1.88. The molecular weight excluding hydrogens is 284 g/mol. The highest BCUT2D eigenvalue weighted by Gasteiger charge is 2.15. The summed E-state index contributed by atoms with van der Waals surface area (Å²) in [4.78, 5) is 16.4. The normalized spacial score (nSPS) is 14.4. The first-order valence-corrected chi connectivity index (χ1v) is 8.08. The molecule has 4 nitrogen and oxygen atoms in total. The van der Waals surface area contributed by atoms with Gasteiger partial charge in [-0.3, -0.25) is 4.79 Å². The molecule has 3 rings (SSSR count). The fraction of sp³-hybridized carbons (Fsp3) is 0.375. The standard InChI is InChI=1S/C16H18N2O2S/c1-3-10(2)15(19)18-16-17-13(9-21-16)11-4-5-14-12(8-11)6-7-20-14/h4-5,8-10H,3,6-7H2,1-2H3,(H,17,18,19). The fourth-order valence-electron chi connectivity index (χ4n) is 2.22. The summed E-state index contributed by atoms with van der Waals surface area (Å²) in [7, 11) is 0. The van der Waals surface area contributed by atoms with E-state index in [0.717, 1.165) is 36.5 Å². The summed E-state index contributed by atoms with van der Waals surface area (Å²) < 4.78 is 5.51. The molecule has 0 bridgehead atoms. The van der Waals surface area contributed by atoms with Crippen molar-refractivity contribution in [2.45, 2.75) is 26.7 Å². The lowest BCUT2D eigenvalue weighted by Gasteiger charge is -2.06. The van der Waals surface area contributed by atoms with E-state index in [-0.39, 0.29) is 11.8 Å². The Kier molecular flexibility index (Phi) is 3.92. The van der Waals surface area contributed by atoms with Crippen LogP contribution in [0.5, 0.6) is 5.75 Å². The van der Waals surface area contributed by atoms with Crippen LogP contribution in [0.4, 0.5) is 5.13 Å². The molecule has 1 atom stereocenters. The van der Waals surface area contributed by atoms with E-state index < -0.39 is 0 Å². The molecular formula is C16H18N2O2S. The van der Waals surface area contributed by atoms with Crippen molar-refractivity contribution in [3.63, 3.8) is 0 Å². The molecule has 21 heavy (non-hydrogen) atoms. The number of hydrogen-bond donors (Lipinski definition) is 1. The number of ether oxygens (including phenoxy) is 1. The molecule has 110 valence electrons. The van der Waals surface area contributed by atoms with Gasteiger partial charge >= 0.3 is 0 Å². The molecule has 0 radical (unpaired) electrons. The molecule has 1 aromatic heterocycles. The van der Waals surface area contributed by atoms with E-state index in [9.17, 15) is 4.79 Å². The second-order valence-electron chi connectivity index (χ2n) is 5.26. The first kappa shape index (κ1) is 14.1. The molecule has 1 aliphatic rings. The first-order chi connectivity index (χ1) is 10.2. The van der Waals surface area contributed by atoms with Crippen LogP contribution in [0.2, 0.25) is 0 Å². The second kappa shape index (κ2) is 5.85. The summed E-state index contributed by atoms with van der Waals surface area (Å²) in [6.45, 7) is 4.68. The van der Waals surface area contributed by atoms with Gasteiger partial charge in [-0.1, -0.05) is 13.8 Å². The molecule has 1 aromatic carbocycles. The Morgan fingerprint density at radius 1 is 1.52 bits per heavy atom. The Morgan fingerprint density at radius 3 is 3.19 bits per heavy atom. The van der Waals surface area contributed by atoms with Gasteiger partial charge in [0, 0.05) is 23.3 Å². The summed E-state index contributed by atoms with van der Waals surface area (Å²) in [5.41, 5.74) is 3.19. The molecule has 0 saturated carbocycles. The molecule has 1 aliphatic heterocycles. The molecule has 1 unspecified atom stereocenters. The number of carbonyl (C=O) groups excluding carboxylic acids is 1. The minimum absolute atomic E-state index is 0.00879. The van der Waals surface area contributed by atoms with Crippen molar-refractivity contribution in [3.8, 4) is 17.0 Å². The van der Waals surface area contributed by atoms with Gasteiger partial charge in [0.25, 0.3) is 0 Å². The summed E-state index contributed by atoms with van der Waals surface area (Å²) in [6, 6.07) is 6.13. The van der Waals surface area contributed by atoms with Crippen LogP contribution < -0.4 is 10.1 Å². The predicted octanol–water partition coefficient (Wildman–Crippen LogP) is 3.73. The maximum Gasteiger partial charge on any atom is 0.228 e. The van der Waals surface area contributed by atoms with E-state index in [1.165, 1.54) is 16.9 Å². The Bertz CT molecular complexity index is 666. The monoisotopic (exact) mass is 302 g/mol. The Morgan fingerprint density at radius 2 is 2.38 bits per heavy atom. The van der Waals surface area contributed by atoms with Gasteiger partial charge in [-0.25, -0.2) is 4.98 Å². The van der Waals surface area contributed by atoms with Gasteiger partial charge in [-0.2, -0.15) is 0 Å². The van der Waals surface area contributed by atoms with Crippen molar-refractivity contribution in [1.82, 2.24) is 4.98 Å². The van der Waals surface area contributed by atoms with Crippen LogP contribution in [0.15, 0.2) is 23.6 Å². The smallest absolute Gasteiger partial charge is 0.228 e. The number of rotatable bonds is 4. The maximum absolute atomic E-state index is 11.9. The minimum Gasteiger partial charge on any atom is -0.493 e. The van der Waals surface area contributed by atoms with Crippen molar-refractivity contribution in [2.24, 2.45) is 5.92 Å². The van der Waals surface area contributed by atoms with Gasteiger partial charge in [0.2, 0.25) is 5.91 Å². The second-order valence-corrected chi connectivity index (χ2v) is 6.12. The van der Waals surface area contributed by atoms with E-state index in [0.29, 0.717) is 5.13 Å². The molecule has 0 fully saturated rings. The van der Waals surface area contributed by atoms with Crippen molar-refractivity contribution < 1.29 is 9.53 Å². The van der Waals surface area contributed by atoms with Crippen LogP contribution in [0.3, 0.4) is 0 Å². The quantitative estimate of drug-likeness (QED) is 0.936. The number of thiazole rings is 1. The number of anilines is 1. The average molecular weight is 302 g/mol. The van der Waals surface area contributed by atoms with Crippen LogP contribution >= 0.6 is 11.3 Å². The summed E-state index contributed by atoms with van der Waals surface area (Å²) in [5.74, 6) is 1.01. The summed E-state index contributed by atoms with van der Waals surface area (Å²) in [5, 5.41) is 5.51. The largest absolute Gasteiger partial charge is 0.493 e. The maximum atomic E-state index is 11.9. The van der Waals surface area contributed by atoms with E-state index in [1.54, 1.807) is 0 Å². The molecule has 2 aromatic rings. The number of amides is 1. The highest BCUT2D eigenvalue weighted by molar-refractivity contribution is 7.14. The predicted molar refractivity (Wildman–Crippen MR) is 84.8 cm³/mol. The molecule has 0 aliphatic carbocycles. The van der Waals surface area contributed by atoms with Gasteiger partial charge in [-0.15, -0.1) is 11.3 Å². The number of nitrogens with zero attached hydrogens (tertiary/aromatic N) is 1. The zero-order valence-electron chi connectivity index (χ0n) is 12.2. The van der Waals surface area contributed by atoms with E-state index >= 15 is 0 Å². The van der Waals surface area contributed by atoms with Crippen molar-refractivity contribution in [2.75, 3.05) is 11.9 Å². The van der Waals surface area contributed by atoms with Crippen LogP contribution in [0.25, 0.3) is 11.3 Å². The number of benzene rings is 1. The van der Waals surface area contributed by atoms with E-state index in [2.05, 4.69) is 16.4 Å². The van der Waals surface area contributed by atoms with Crippen molar-refractivity contribution in [3.05, 3.63) is 29.1 Å². The van der Waals surface area contributed by atoms with Crippen LogP contribution in [0, 0.1) is 5.92 Å². The third-order valence-corrected chi connectivity index (χ3v) is 4.54. The first-order valence-electron chi connectivity index (χ1n) is 7.20. The van der Waals surface area contributed by atoms with Gasteiger partial charge in [0.05, 0.1) is 12.3 Å². The molecule has 2 heterocycles. The summed E-state index contributed by atoms with van der Waals surface area (Å²) in [6.07, 6.45) is 1.78. The van der Waals surface area contributed by atoms with Crippen molar-refractivity contribution in [1.29, 1.82) is 0 Å². The topological polar surface area (TPSA) is 51.2 Å². The van der Waals surface area contributed by atoms with Gasteiger partial charge in [-0.05, 0) is 30.2 Å². The fourth-order valence-corrected chi connectivity index (χ4v) is 2.95. The molecule has 0 saturated heterocycles. The van der Waals surface area contributed by atoms with Crippen LogP contribution in [-0.4, -0.2) is 17.5 Å². The van der Waals surface area contributed by atoms with Gasteiger partial charge in [0.15, 0.2) is 5.13 Å². The Labute approximate surface area is 128 Å². The van der Waals surface area contributed by atoms with Crippen LogP contribution in [0.1, 0.15) is 25.8 Å². The molecule has 1 amide bonds. The Balaban J connectivity index is 1.77. The zero-order valence-corrected chi connectivity index (χ0v) is 13.0. The molecule has 0 spiro atoms. The summed E-state index contributed by atoms with van der Waals surface area (Å²) >= 11 is 1.46. The minimum atomic E-state index is 0.00879. The molecule has 1 N–H and O–H groups in total. The lowest BCUT2D eigenvalue weighted by Crippen LogP contribution is -2.19. The third kappa shape index (κ3) is 2.93. The highest BCUT2D eigenvalue weighted by Crippen LogP contribution is 2.32. The number of nitrogens with one attached hydrogen (secondary N) is 1. The number of fused-ring (bicyclic) bond motifs is 1. The number of hydrogen-bond acceptors (Lipinski definition) is 4. The average Bonchev–Trinajstić information content (AvgIpc) is 3.14. The van der Waals surface area contributed by atoms with Gasteiger partial charge < -0.3 is 10.1 Å². The number of aromatic nitrogens is 1. The van der Waals surface area contributed by atoms with E-state index in [4.69, 9.17) is 4.74 Å². The highest BCUT2D eigenvalue weighted by atomic mass is 32.1. The third-order valence-electron chi connectivity index (χ3n) is 3.78. The molecule has 5 heteroatoms. The number of carbonyl (C=O) groups is 1.